The highest BCUT2D eigenvalue weighted by atomic mass is 33.2. The van der Waals surface area contributed by atoms with Crippen LogP contribution in [-0.4, -0.2) is 71.2 Å². The SMILES string of the molecule is CCCCS(=O)(=O)S(=O)(=O)CCS(=O)(=O)S(=O)(=O)CCCCS(=O)O. The van der Waals surface area contributed by atoms with Crippen LogP contribution in [0.3, 0.4) is 0 Å². The molecular weight excluding hydrogens is 440 g/mol. The van der Waals surface area contributed by atoms with Gasteiger partial charge in [0.1, 0.15) is 0 Å². The molecule has 25 heavy (non-hydrogen) atoms. The number of rotatable bonds is 13. The lowest BCUT2D eigenvalue weighted by Gasteiger charge is -2.08. The van der Waals surface area contributed by atoms with Gasteiger partial charge in [-0.2, -0.15) is 0 Å². The summed E-state index contributed by atoms with van der Waals surface area (Å²) in [5.41, 5.74) is 0. The molecule has 1 N–H and O–H groups in total. The molecule has 0 aliphatic carbocycles. The van der Waals surface area contributed by atoms with Gasteiger partial charge in [0, 0.05) is 5.75 Å². The van der Waals surface area contributed by atoms with Gasteiger partial charge in [0.2, 0.25) is 0 Å². The summed E-state index contributed by atoms with van der Waals surface area (Å²) in [6, 6.07) is 0. The van der Waals surface area contributed by atoms with Crippen LogP contribution in [0.2, 0.25) is 0 Å². The van der Waals surface area contributed by atoms with Crippen LogP contribution >= 0.6 is 0 Å². The fraction of sp³-hybridized carbons (Fsp3) is 1.00. The smallest absolute Gasteiger partial charge is 0.254 e. The molecule has 15 heteroatoms. The standard InChI is InChI=1S/C10H22O10S5/c1-2-3-7-22(13,14)24(17,18)9-10-25(19,20)23(15,16)8-5-4-6-21(11)12/h2-10H2,1H3,(H,11,12). The molecule has 152 valence electrons. The van der Waals surface area contributed by atoms with Crippen molar-refractivity contribution < 1.29 is 42.4 Å². The molecular formula is C10H22O10S5. The van der Waals surface area contributed by atoms with Crippen LogP contribution in [0, 0.1) is 0 Å². The fourth-order valence-corrected chi connectivity index (χ4v) is 10.8. The van der Waals surface area contributed by atoms with Crippen molar-refractivity contribution in [2.24, 2.45) is 0 Å². The van der Waals surface area contributed by atoms with Gasteiger partial charge in [0.25, 0.3) is 35.5 Å². The maximum Gasteiger partial charge on any atom is 0.254 e. The zero-order valence-electron chi connectivity index (χ0n) is 13.5. The Morgan fingerprint density at radius 3 is 1.36 bits per heavy atom. The zero-order valence-corrected chi connectivity index (χ0v) is 17.6. The molecule has 0 fully saturated rings. The quantitative estimate of drug-likeness (QED) is 0.209. The summed E-state index contributed by atoms with van der Waals surface area (Å²) in [4.78, 5) is 0. The lowest BCUT2D eigenvalue weighted by atomic mass is 10.4. The van der Waals surface area contributed by atoms with Crippen molar-refractivity contribution in [3.05, 3.63) is 0 Å². The van der Waals surface area contributed by atoms with E-state index in [1.807, 2.05) is 0 Å². The van der Waals surface area contributed by atoms with Crippen LogP contribution in [0.4, 0.5) is 0 Å². The zero-order chi connectivity index (χ0) is 19.9. The van der Waals surface area contributed by atoms with E-state index in [1.165, 1.54) is 0 Å². The largest absolute Gasteiger partial charge is 0.306 e. The lowest BCUT2D eigenvalue weighted by molar-refractivity contribution is 0.560. The highest BCUT2D eigenvalue weighted by Crippen LogP contribution is 2.13. The third kappa shape index (κ3) is 7.99. The molecule has 0 spiro atoms. The second-order valence-corrected chi connectivity index (χ2v) is 18.4. The van der Waals surface area contributed by atoms with Crippen LogP contribution < -0.4 is 0 Å². The van der Waals surface area contributed by atoms with Gasteiger partial charge < -0.3 is 4.55 Å². The number of hydrogen-bond donors (Lipinski definition) is 1. The second-order valence-electron chi connectivity index (χ2n) is 5.13. The minimum atomic E-state index is -4.88. The van der Waals surface area contributed by atoms with Gasteiger partial charge in [0.15, 0.2) is 11.1 Å². The molecule has 0 heterocycles. The fourth-order valence-electron chi connectivity index (χ4n) is 1.54. The van der Waals surface area contributed by atoms with E-state index in [0.717, 1.165) is 0 Å². The molecule has 0 aromatic rings. The van der Waals surface area contributed by atoms with E-state index in [4.69, 9.17) is 4.55 Å². The van der Waals surface area contributed by atoms with E-state index in [-0.39, 0.29) is 25.0 Å². The summed E-state index contributed by atoms with van der Waals surface area (Å²) in [6.45, 7) is 1.64. The summed E-state index contributed by atoms with van der Waals surface area (Å²) in [5, 5.41) is 0. The van der Waals surface area contributed by atoms with Gasteiger partial charge in [0.05, 0.1) is 23.0 Å². The summed E-state index contributed by atoms with van der Waals surface area (Å²) >= 11 is -2.13. The molecule has 0 aliphatic heterocycles. The molecule has 0 aromatic carbocycles. The predicted octanol–water partition coefficient (Wildman–Crippen LogP) is -0.722. The highest BCUT2D eigenvalue weighted by molar-refractivity contribution is 8.68. The minimum absolute atomic E-state index is 0.0123. The van der Waals surface area contributed by atoms with Crippen LogP contribution in [0.1, 0.15) is 32.6 Å². The first-order valence-corrected chi connectivity index (χ1v) is 16.1. The first kappa shape index (κ1) is 24.9. The van der Waals surface area contributed by atoms with Gasteiger partial charge in [-0.3, -0.25) is 0 Å². The first-order valence-electron chi connectivity index (χ1n) is 7.17. The van der Waals surface area contributed by atoms with Gasteiger partial charge in [-0.05, 0) is 19.3 Å². The average molecular weight is 463 g/mol. The van der Waals surface area contributed by atoms with Crippen molar-refractivity contribution in [1.29, 1.82) is 0 Å². The molecule has 0 radical (unpaired) electrons. The lowest BCUT2D eigenvalue weighted by Crippen LogP contribution is -2.30. The van der Waals surface area contributed by atoms with Crippen molar-refractivity contribution in [2.45, 2.75) is 32.6 Å². The number of hydrogen-bond acceptors (Lipinski definition) is 9. The molecule has 0 amide bonds. The molecule has 0 aliphatic rings. The Morgan fingerprint density at radius 1 is 0.640 bits per heavy atom. The predicted molar refractivity (Wildman–Crippen MR) is 94.9 cm³/mol. The van der Waals surface area contributed by atoms with Gasteiger partial charge in [-0.1, -0.05) is 13.3 Å². The monoisotopic (exact) mass is 462 g/mol. The Balaban J connectivity index is 4.99. The minimum Gasteiger partial charge on any atom is -0.306 e. The third-order valence-electron chi connectivity index (χ3n) is 3.07. The number of unbranched alkanes of at least 4 members (excludes halogenated alkanes) is 2. The Bertz CT molecular complexity index is 864. The van der Waals surface area contributed by atoms with E-state index in [0.29, 0.717) is 6.42 Å². The molecule has 0 bridgehead atoms. The molecule has 1 atom stereocenters. The molecule has 0 rings (SSSR count). The van der Waals surface area contributed by atoms with Crippen molar-refractivity contribution in [3.8, 4) is 0 Å². The highest BCUT2D eigenvalue weighted by Gasteiger charge is 2.35. The van der Waals surface area contributed by atoms with Crippen molar-refractivity contribution >= 4 is 46.6 Å². The van der Waals surface area contributed by atoms with Gasteiger partial charge >= 0.3 is 0 Å². The summed E-state index contributed by atoms with van der Waals surface area (Å²) in [5.74, 6) is -4.40. The Labute approximate surface area is 150 Å². The molecule has 0 saturated heterocycles. The van der Waals surface area contributed by atoms with Gasteiger partial charge in [-0.15, -0.1) is 0 Å². The summed E-state index contributed by atoms with van der Waals surface area (Å²) in [6.07, 6.45) is 0.288. The van der Waals surface area contributed by atoms with Crippen LogP contribution in [0.25, 0.3) is 0 Å². The van der Waals surface area contributed by atoms with Crippen molar-refractivity contribution in [2.75, 3.05) is 28.8 Å². The van der Waals surface area contributed by atoms with Crippen LogP contribution in [0.15, 0.2) is 0 Å². The maximum absolute atomic E-state index is 11.8. The van der Waals surface area contributed by atoms with Crippen molar-refractivity contribution in [3.63, 3.8) is 0 Å². The second kappa shape index (κ2) is 9.73. The van der Waals surface area contributed by atoms with Crippen LogP contribution in [0.5, 0.6) is 0 Å². The van der Waals surface area contributed by atoms with Crippen molar-refractivity contribution in [1.82, 2.24) is 0 Å². The van der Waals surface area contributed by atoms with Crippen LogP contribution in [-0.2, 0) is 46.6 Å². The van der Waals surface area contributed by atoms with E-state index in [1.54, 1.807) is 6.92 Å². The Kier molecular flexibility index (Phi) is 9.70. The van der Waals surface area contributed by atoms with E-state index in [9.17, 15) is 37.9 Å². The first-order chi connectivity index (χ1) is 11.2. The molecule has 1 unspecified atom stereocenters. The average Bonchev–Trinajstić information content (AvgIpc) is 2.47. The van der Waals surface area contributed by atoms with E-state index < -0.39 is 69.6 Å². The summed E-state index contributed by atoms with van der Waals surface area (Å²) in [7, 11) is -19.0. The Morgan fingerprint density at radius 2 is 1.00 bits per heavy atom. The topological polar surface area (TPSA) is 174 Å². The maximum atomic E-state index is 11.8. The molecule has 0 saturated carbocycles. The molecule has 0 aromatic heterocycles. The third-order valence-corrected chi connectivity index (χ3v) is 15.1. The van der Waals surface area contributed by atoms with E-state index in [2.05, 4.69) is 0 Å². The van der Waals surface area contributed by atoms with E-state index >= 15 is 0 Å². The Hall–Kier alpha value is -0.0900. The molecule has 10 nitrogen and oxygen atoms in total. The normalized spacial score (nSPS) is 15.1. The summed E-state index contributed by atoms with van der Waals surface area (Å²) < 4.78 is 113. The van der Waals surface area contributed by atoms with Gasteiger partial charge in [-0.25, -0.2) is 37.9 Å².